The van der Waals surface area contributed by atoms with Crippen LogP contribution in [0.3, 0.4) is 0 Å². The quantitative estimate of drug-likeness (QED) is 0.190. The van der Waals surface area contributed by atoms with Gasteiger partial charge in [0.25, 0.3) is 0 Å². The molecule has 0 aliphatic carbocycles. The highest BCUT2D eigenvalue weighted by Gasteiger charge is 2.13. The summed E-state index contributed by atoms with van der Waals surface area (Å²) < 4.78 is 11.3. The summed E-state index contributed by atoms with van der Waals surface area (Å²) in [5.74, 6) is 0.779. The Kier molecular flexibility index (Phi) is 10.2. The minimum atomic E-state index is -0.247. The van der Waals surface area contributed by atoms with Gasteiger partial charge in [-0.05, 0) is 60.2 Å². The zero-order valence-corrected chi connectivity index (χ0v) is 20.9. The van der Waals surface area contributed by atoms with Crippen LogP contribution in [0.1, 0.15) is 77.4 Å². The molecule has 3 aromatic carbocycles. The van der Waals surface area contributed by atoms with Crippen molar-refractivity contribution in [1.29, 1.82) is 0 Å². The average Bonchev–Trinajstić information content (AvgIpc) is 2.87. The van der Waals surface area contributed by atoms with Gasteiger partial charge < -0.3 is 9.47 Å². The topological polar surface area (TPSA) is 35.5 Å². The van der Waals surface area contributed by atoms with Crippen molar-refractivity contribution in [2.45, 2.75) is 71.8 Å². The van der Waals surface area contributed by atoms with E-state index in [1.54, 1.807) is 0 Å². The van der Waals surface area contributed by atoms with Crippen molar-refractivity contribution < 1.29 is 14.3 Å². The minimum absolute atomic E-state index is 0.104. The highest BCUT2D eigenvalue weighted by molar-refractivity contribution is 5.83. The van der Waals surface area contributed by atoms with Crippen LogP contribution in [0.15, 0.2) is 72.8 Å². The molecule has 3 rings (SSSR count). The largest absolute Gasteiger partial charge is 0.494 e. The standard InChI is InChI=1S/C31H38O3/c1-4-6-7-8-9-10-15-31(32)34-24(3)25-16-18-26(19-17-25)29-13-11-12-14-30(29)27-20-22-28(23-21-27)33-5-2/h11-14,16-24H,4-10,15H2,1-3H3. The fourth-order valence-electron chi connectivity index (χ4n) is 4.19. The summed E-state index contributed by atoms with van der Waals surface area (Å²) in [5.41, 5.74) is 5.65. The Labute approximate surface area is 205 Å². The molecule has 0 fully saturated rings. The monoisotopic (exact) mass is 458 g/mol. The first-order valence-corrected chi connectivity index (χ1v) is 12.7. The van der Waals surface area contributed by atoms with Gasteiger partial charge in [0.2, 0.25) is 0 Å². The molecule has 0 saturated heterocycles. The van der Waals surface area contributed by atoms with Crippen molar-refractivity contribution >= 4 is 5.97 Å². The lowest BCUT2D eigenvalue weighted by Crippen LogP contribution is -2.08. The van der Waals surface area contributed by atoms with Crippen LogP contribution in [0.2, 0.25) is 0 Å². The third kappa shape index (κ3) is 7.48. The second-order valence-electron chi connectivity index (χ2n) is 8.77. The number of esters is 1. The van der Waals surface area contributed by atoms with Crippen molar-refractivity contribution in [3.8, 4) is 28.0 Å². The third-order valence-corrected chi connectivity index (χ3v) is 6.14. The number of unbranched alkanes of at least 4 members (excludes halogenated alkanes) is 5. The Hall–Kier alpha value is -3.07. The average molecular weight is 459 g/mol. The van der Waals surface area contributed by atoms with Gasteiger partial charge in [0, 0.05) is 6.42 Å². The first-order valence-electron chi connectivity index (χ1n) is 12.7. The number of benzene rings is 3. The molecule has 0 saturated carbocycles. The predicted molar refractivity (Wildman–Crippen MR) is 141 cm³/mol. The maximum absolute atomic E-state index is 12.2. The van der Waals surface area contributed by atoms with E-state index in [1.807, 2.05) is 26.0 Å². The van der Waals surface area contributed by atoms with Gasteiger partial charge in [-0.1, -0.05) is 99.7 Å². The molecule has 0 bridgehead atoms. The maximum Gasteiger partial charge on any atom is 0.306 e. The van der Waals surface area contributed by atoms with Crippen LogP contribution in [0.5, 0.6) is 5.75 Å². The Bertz CT molecular complexity index is 1010. The van der Waals surface area contributed by atoms with Gasteiger partial charge in [-0.3, -0.25) is 4.79 Å². The van der Waals surface area contributed by atoms with E-state index >= 15 is 0 Å². The molecule has 3 nitrogen and oxygen atoms in total. The van der Waals surface area contributed by atoms with E-state index < -0.39 is 0 Å². The molecule has 34 heavy (non-hydrogen) atoms. The van der Waals surface area contributed by atoms with Crippen LogP contribution in [-0.4, -0.2) is 12.6 Å². The number of hydrogen-bond donors (Lipinski definition) is 0. The van der Waals surface area contributed by atoms with Crippen LogP contribution in [0, 0.1) is 0 Å². The van der Waals surface area contributed by atoms with Crippen molar-refractivity contribution in [3.63, 3.8) is 0 Å². The summed E-state index contributed by atoms with van der Waals surface area (Å²) in [6.07, 6.45) is 7.26. The molecular weight excluding hydrogens is 420 g/mol. The normalized spacial score (nSPS) is 11.7. The molecule has 0 radical (unpaired) electrons. The van der Waals surface area contributed by atoms with Crippen LogP contribution >= 0.6 is 0 Å². The zero-order valence-electron chi connectivity index (χ0n) is 20.9. The predicted octanol–water partition coefficient (Wildman–Crippen LogP) is 8.77. The van der Waals surface area contributed by atoms with Gasteiger partial charge in [-0.25, -0.2) is 0 Å². The third-order valence-electron chi connectivity index (χ3n) is 6.14. The molecular formula is C31H38O3. The van der Waals surface area contributed by atoms with Crippen LogP contribution in [-0.2, 0) is 9.53 Å². The molecule has 3 heteroatoms. The van der Waals surface area contributed by atoms with E-state index in [4.69, 9.17) is 9.47 Å². The molecule has 0 aliphatic heterocycles. The van der Waals surface area contributed by atoms with Crippen LogP contribution in [0.4, 0.5) is 0 Å². The van der Waals surface area contributed by atoms with Crippen molar-refractivity contribution in [2.75, 3.05) is 6.61 Å². The van der Waals surface area contributed by atoms with Gasteiger partial charge >= 0.3 is 5.97 Å². The molecule has 0 heterocycles. The van der Waals surface area contributed by atoms with Crippen LogP contribution in [0.25, 0.3) is 22.3 Å². The summed E-state index contributed by atoms with van der Waals surface area (Å²) in [4.78, 5) is 12.2. The molecule has 0 spiro atoms. The summed E-state index contributed by atoms with van der Waals surface area (Å²) in [7, 11) is 0. The van der Waals surface area contributed by atoms with Gasteiger partial charge in [-0.2, -0.15) is 0 Å². The first-order chi connectivity index (χ1) is 16.6. The van der Waals surface area contributed by atoms with E-state index in [9.17, 15) is 4.79 Å². The Balaban J connectivity index is 1.62. The first kappa shape index (κ1) is 25.6. The van der Waals surface area contributed by atoms with Gasteiger partial charge in [0.05, 0.1) is 6.61 Å². The fourth-order valence-corrected chi connectivity index (χ4v) is 4.19. The molecule has 3 aromatic rings. The number of ether oxygens (including phenoxy) is 2. The van der Waals surface area contributed by atoms with Gasteiger partial charge in [-0.15, -0.1) is 0 Å². The van der Waals surface area contributed by atoms with E-state index in [1.165, 1.54) is 36.8 Å². The van der Waals surface area contributed by atoms with E-state index in [-0.39, 0.29) is 12.1 Å². The number of hydrogen-bond acceptors (Lipinski definition) is 3. The van der Waals surface area contributed by atoms with Crippen molar-refractivity contribution in [1.82, 2.24) is 0 Å². The molecule has 0 N–H and O–H groups in total. The highest BCUT2D eigenvalue weighted by Crippen LogP contribution is 2.33. The van der Waals surface area contributed by atoms with E-state index in [2.05, 4.69) is 67.6 Å². The lowest BCUT2D eigenvalue weighted by Gasteiger charge is -2.15. The lowest BCUT2D eigenvalue weighted by molar-refractivity contribution is -0.148. The molecule has 1 unspecified atom stereocenters. The zero-order chi connectivity index (χ0) is 24.2. The highest BCUT2D eigenvalue weighted by atomic mass is 16.5. The van der Waals surface area contributed by atoms with Crippen molar-refractivity contribution in [2.24, 2.45) is 0 Å². The second kappa shape index (κ2) is 13.6. The summed E-state index contributed by atoms with van der Waals surface area (Å²) >= 11 is 0. The fraction of sp³-hybridized carbons (Fsp3) is 0.387. The maximum atomic E-state index is 12.2. The molecule has 0 aromatic heterocycles. The number of carbonyl (C=O) groups excluding carboxylic acids is 1. The smallest absolute Gasteiger partial charge is 0.306 e. The molecule has 180 valence electrons. The van der Waals surface area contributed by atoms with Gasteiger partial charge in [0.1, 0.15) is 11.9 Å². The van der Waals surface area contributed by atoms with E-state index in [0.29, 0.717) is 13.0 Å². The summed E-state index contributed by atoms with van der Waals surface area (Å²) in [6.45, 7) is 6.81. The molecule has 0 aliphatic rings. The summed E-state index contributed by atoms with van der Waals surface area (Å²) in [6, 6.07) is 25.0. The molecule has 1 atom stereocenters. The Morgan fingerprint density at radius 3 is 1.88 bits per heavy atom. The Morgan fingerprint density at radius 1 is 0.735 bits per heavy atom. The number of rotatable bonds is 13. The second-order valence-corrected chi connectivity index (χ2v) is 8.77. The van der Waals surface area contributed by atoms with Gasteiger partial charge in [0.15, 0.2) is 0 Å². The summed E-state index contributed by atoms with van der Waals surface area (Å²) in [5, 5.41) is 0. The van der Waals surface area contributed by atoms with E-state index in [0.717, 1.165) is 35.3 Å². The minimum Gasteiger partial charge on any atom is -0.494 e. The van der Waals surface area contributed by atoms with Crippen LogP contribution < -0.4 is 4.74 Å². The van der Waals surface area contributed by atoms with Crippen molar-refractivity contribution in [3.05, 3.63) is 78.4 Å². The Morgan fingerprint density at radius 2 is 1.29 bits per heavy atom. The lowest BCUT2D eigenvalue weighted by atomic mass is 9.94. The number of carbonyl (C=O) groups is 1. The SMILES string of the molecule is CCCCCCCCC(=O)OC(C)c1ccc(-c2ccccc2-c2ccc(OCC)cc2)cc1. The molecule has 0 amide bonds.